The van der Waals surface area contributed by atoms with Crippen molar-refractivity contribution in [2.24, 2.45) is 10.9 Å². The molecule has 0 unspecified atom stereocenters. The normalized spacial score (nSPS) is 11.9. The van der Waals surface area contributed by atoms with Crippen molar-refractivity contribution in [1.29, 1.82) is 0 Å². The van der Waals surface area contributed by atoms with Gasteiger partial charge in [0.05, 0.1) is 12.1 Å². The minimum atomic E-state index is -0.0109. The zero-order valence-electron chi connectivity index (χ0n) is 10.6. The molecule has 6 nitrogen and oxygen atoms in total. The zero-order chi connectivity index (χ0) is 13.9. The molecule has 0 saturated heterocycles. The van der Waals surface area contributed by atoms with Gasteiger partial charge in [0.1, 0.15) is 0 Å². The lowest BCUT2D eigenvalue weighted by Crippen LogP contribution is -2.20. The first-order valence-corrected chi connectivity index (χ1v) is 6.11. The highest BCUT2D eigenvalue weighted by Gasteiger charge is 2.10. The second-order valence-electron chi connectivity index (χ2n) is 4.36. The van der Waals surface area contributed by atoms with Gasteiger partial charge in [0, 0.05) is 24.0 Å². The Morgan fingerprint density at radius 3 is 2.90 bits per heavy atom. The standard InChI is InChI=1S/C14H13N5O/c15-13(18-20)14-17-7-8-19(14)9-11-4-1-3-10-5-2-6-16-12(10)11/h1-8,20H,9H2,(H2,15,18). The molecule has 0 atom stereocenters. The number of benzene rings is 1. The molecule has 2 heterocycles. The van der Waals surface area contributed by atoms with Gasteiger partial charge in [-0.3, -0.25) is 4.98 Å². The number of hydrogen-bond donors (Lipinski definition) is 2. The van der Waals surface area contributed by atoms with Gasteiger partial charge < -0.3 is 15.5 Å². The van der Waals surface area contributed by atoms with Gasteiger partial charge >= 0.3 is 0 Å². The van der Waals surface area contributed by atoms with Gasteiger partial charge in [0.15, 0.2) is 5.82 Å². The van der Waals surface area contributed by atoms with Crippen LogP contribution < -0.4 is 5.73 Å². The minimum Gasteiger partial charge on any atom is -0.409 e. The van der Waals surface area contributed by atoms with Crippen LogP contribution in [0, 0.1) is 0 Å². The fourth-order valence-corrected chi connectivity index (χ4v) is 2.19. The van der Waals surface area contributed by atoms with Crippen LogP contribution in [0.15, 0.2) is 54.1 Å². The lowest BCUT2D eigenvalue weighted by Gasteiger charge is -2.09. The highest BCUT2D eigenvalue weighted by molar-refractivity contribution is 5.93. The molecule has 0 spiro atoms. The fourth-order valence-electron chi connectivity index (χ4n) is 2.19. The summed E-state index contributed by atoms with van der Waals surface area (Å²) in [7, 11) is 0. The summed E-state index contributed by atoms with van der Waals surface area (Å²) in [5, 5.41) is 12.8. The summed E-state index contributed by atoms with van der Waals surface area (Å²) in [5.41, 5.74) is 7.60. The van der Waals surface area contributed by atoms with Gasteiger partial charge in [-0.2, -0.15) is 0 Å². The number of aromatic nitrogens is 3. The summed E-state index contributed by atoms with van der Waals surface area (Å²) in [5.74, 6) is 0.420. The van der Waals surface area contributed by atoms with Crippen LogP contribution in [0.25, 0.3) is 10.9 Å². The quantitative estimate of drug-likeness (QED) is 0.326. The van der Waals surface area contributed by atoms with E-state index in [1.165, 1.54) is 0 Å². The van der Waals surface area contributed by atoms with E-state index >= 15 is 0 Å². The maximum Gasteiger partial charge on any atom is 0.206 e. The third-order valence-corrected chi connectivity index (χ3v) is 3.11. The van der Waals surface area contributed by atoms with Crippen molar-refractivity contribution in [3.05, 3.63) is 60.3 Å². The smallest absolute Gasteiger partial charge is 0.206 e. The topological polar surface area (TPSA) is 89.3 Å². The number of nitrogens with two attached hydrogens (primary N) is 1. The van der Waals surface area contributed by atoms with E-state index in [1.807, 2.05) is 34.9 Å². The number of hydrogen-bond acceptors (Lipinski definition) is 4. The number of rotatable bonds is 3. The van der Waals surface area contributed by atoms with Gasteiger partial charge in [0.2, 0.25) is 5.84 Å². The van der Waals surface area contributed by atoms with E-state index in [-0.39, 0.29) is 5.84 Å². The molecular formula is C14H13N5O. The number of imidazole rings is 1. The maximum absolute atomic E-state index is 8.77. The molecular weight excluding hydrogens is 254 g/mol. The molecule has 100 valence electrons. The molecule has 20 heavy (non-hydrogen) atoms. The van der Waals surface area contributed by atoms with Gasteiger partial charge in [-0.05, 0) is 11.6 Å². The first-order valence-electron chi connectivity index (χ1n) is 6.11. The van der Waals surface area contributed by atoms with Crippen molar-refractivity contribution in [1.82, 2.24) is 14.5 Å². The van der Waals surface area contributed by atoms with E-state index < -0.39 is 0 Å². The molecule has 0 radical (unpaired) electrons. The Kier molecular flexibility index (Phi) is 3.04. The Hall–Kier alpha value is -2.89. The van der Waals surface area contributed by atoms with Crippen LogP contribution >= 0.6 is 0 Å². The third-order valence-electron chi connectivity index (χ3n) is 3.11. The highest BCUT2D eigenvalue weighted by Crippen LogP contribution is 2.17. The van der Waals surface area contributed by atoms with E-state index in [0.717, 1.165) is 16.5 Å². The van der Waals surface area contributed by atoms with Crippen LogP contribution in [0.1, 0.15) is 11.4 Å². The lowest BCUT2D eigenvalue weighted by atomic mass is 10.1. The number of para-hydroxylation sites is 1. The monoisotopic (exact) mass is 267 g/mol. The van der Waals surface area contributed by atoms with Crippen LogP contribution in [-0.2, 0) is 6.54 Å². The number of amidine groups is 1. The van der Waals surface area contributed by atoms with Crippen molar-refractivity contribution in [3.8, 4) is 0 Å². The van der Waals surface area contributed by atoms with Gasteiger partial charge in [-0.1, -0.05) is 29.4 Å². The summed E-state index contributed by atoms with van der Waals surface area (Å²) >= 11 is 0. The molecule has 0 aliphatic rings. The average Bonchev–Trinajstić information content (AvgIpc) is 2.95. The van der Waals surface area contributed by atoms with Crippen molar-refractivity contribution >= 4 is 16.7 Å². The molecule has 0 saturated carbocycles. The second kappa shape index (κ2) is 5.00. The summed E-state index contributed by atoms with van der Waals surface area (Å²) in [6, 6.07) is 9.93. The van der Waals surface area contributed by atoms with E-state index in [9.17, 15) is 0 Å². The predicted molar refractivity (Wildman–Crippen MR) is 75.6 cm³/mol. The van der Waals surface area contributed by atoms with E-state index in [1.54, 1.807) is 18.6 Å². The molecule has 2 aromatic heterocycles. The molecule has 0 aliphatic carbocycles. The van der Waals surface area contributed by atoms with Crippen LogP contribution in [0.3, 0.4) is 0 Å². The molecule has 3 aromatic rings. The van der Waals surface area contributed by atoms with Crippen LogP contribution in [-0.4, -0.2) is 25.6 Å². The molecule has 0 aliphatic heterocycles. The van der Waals surface area contributed by atoms with E-state index in [4.69, 9.17) is 10.9 Å². The molecule has 3 rings (SSSR count). The Labute approximate surface area is 115 Å². The fraction of sp³-hybridized carbons (Fsp3) is 0.0714. The molecule has 0 amide bonds. The van der Waals surface area contributed by atoms with Gasteiger partial charge in [-0.25, -0.2) is 4.98 Å². The highest BCUT2D eigenvalue weighted by atomic mass is 16.4. The first kappa shape index (κ1) is 12.2. The van der Waals surface area contributed by atoms with Crippen molar-refractivity contribution in [2.45, 2.75) is 6.54 Å². The van der Waals surface area contributed by atoms with E-state index in [2.05, 4.69) is 15.1 Å². The minimum absolute atomic E-state index is 0.0109. The molecule has 3 N–H and O–H groups in total. The molecule has 0 fully saturated rings. The van der Waals surface area contributed by atoms with Crippen molar-refractivity contribution < 1.29 is 5.21 Å². The zero-order valence-corrected chi connectivity index (χ0v) is 10.6. The van der Waals surface area contributed by atoms with Crippen LogP contribution in [0.5, 0.6) is 0 Å². The van der Waals surface area contributed by atoms with E-state index in [0.29, 0.717) is 12.4 Å². The number of nitrogens with zero attached hydrogens (tertiary/aromatic N) is 4. The SMILES string of the molecule is N/C(=N/O)c1nccn1Cc1cccc2cccnc12. The summed E-state index contributed by atoms with van der Waals surface area (Å²) in [6.07, 6.45) is 5.17. The first-order chi connectivity index (χ1) is 9.79. The summed E-state index contributed by atoms with van der Waals surface area (Å²) in [4.78, 5) is 8.50. The number of fused-ring (bicyclic) bond motifs is 1. The van der Waals surface area contributed by atoms with Crippen molar-refractivity contribution in [3.63, 3.8) is 0 Å². The number of oxime groups is 1. The predicted octanol–water partition coefficient (Wildman–Crippen LogP) is 1.57. The van der Waals surface area contributed by atoms with Gasteiger partial charge in [0.25, 0.3) is 0 Å². The molecule has 6 heteroatoms. The average molecular weight is 267 g/mol. The second-order valence-corrected chi connectivity index (χ2v) is 4.36. The maximum atomic E-state index is 8.77. The number of pyridine rings is 1. The molecule has 0 bridgehead atoms. The summed E-state index contributed by atoms with van der Waals surface area (Å²) in [6.45, 7) is 0.555. The van der Waals surface area contributed by atoms with Crippen LogP contribution in [0.4, 0.5) is 0 Å². The third kappa shape index (κ3) is 2.07. The Bertz CT molecular complexity index is 773. The summed E-state index contributed by atoms with van der Waals surface area (Å²) < 4.78 is 1.82. The Morgan fingerprint density at radius 1 is 1.20 bits per heavy atom. The lowest BCUT2D eigenvalue weighted by molar-refractivity contribution is 0.318. The van der Waals surface area contributed by atoms with Crippen molar-refractivity contribution in [2.75, 3.05) is 0 Å². The largest absolute Gasteiger partial charge is 0.409 e. The Morgan fingerprint density at radius 2 is 2.05 bits per heavy atom. The van der Waals surface area contributed by atoms with Crippen LogP contribution in [0.2, 0.25) is 0 Å². The van der Waals surface area contributed by atoms with Gasteiger partial charge in [-0.15, -0.1) is 0 Å². The molecule has 1 aromatic carbocycles. The Balaban J connectivity index is 2.04.